The molecule has 100 valence electrons. The minimum absolute atomic E-state index is 0.490. The van der Waals surface area contributed by atoms with Gasteiger partial charge in [-0.15, -0.1) is 0 Å². The zero-order valence-electron chi connectivity index (χ0n) is 12.1. The molecule has 0 aliphatic carbocycles. The number of anilines is 1. The van der Waals surface area contributed by atoms with E-state index in [1.54, 1.807) is 0 Å². The van der Waals surface area contributed by atoms with Crippen LogP contribution in [0.3, 0.4) is 0 Å². The summed E-state index contributed by atoms with van der Waals surface area (Å²) < 4.78 is 0. The van der Waals surface area contributed by atoms with Crippen molar-refractivity contribution in [2.45, 2.75) is 45.7 Å². The highest BCUT2D eigenvalue weighted by molar-refractivity contribution is 5.32. The van der Waals surface area contributed by atoms with Gasteiger partial charge in [-0.2, -0.15) is 0 Å². The van der Waals surface area contributed by atoms with Gasteiger partial charge in [0.25, 0.3) is 0 Å². The van der Waals surface area contributed by atoms with Crippen LogP contribution in [0.1, 0.15) is 39.2 Å². The SMILES string of the molecule is CC(C)c1cnc(N2C[C@@H](C)N(C)[C@@H](C)C2)nc1. The van der Waals surface area contributed by atoms with Crippen molar-refractivity contribution < 1.29 is 0 Å². The summed E-state index contributed by atoms with van der Waals surface area (Å²) in [5, 5.41) is 0. The average molecular weight is 248 g/mol. The largest absolute Gasteiger partial charge is 0.338 e. The molecule has 0 amide bonds. The normalized spacial score (nSPS) is 25.8. The maximum Gasteiger partial charge on any atom is 0.225 e. The van der Waals surface area contributed by atoms with Gasteiger partial charge in [0.1, 0.15) is 0 Å². The molecule has 1 saturated heterocycles. The molecule has 18 heavy (non-hydrogen) atoms. The Bertz CT molecular complexity index is 375. The highest BCUT2D eigenvalue weighted by Crippen LogP contribution is 2.19. The number of hydrogen-bond acceptors (Lipinski definition) is 4. The van der Waals surface area contributed by atoms with Crippen LogP contribution in [0.2, 0.25) is 0 Å². The fourth-order valence-corrected chi connectivity index (χ4v) is 2.36. The van der Waals surface area contributed by atoms with Crippen LogP contribution in [-0.4, -0.2) is 47.1 Å². The van der Waals surface area contributed by atoms with Crippen molar-refractivity contribution in [1.29, 1.82) is 0 Å². The molecule has 4 heteroatoms. The lowest BCUT2D eigenvalue weighted by molar-refractivity contribution is 0.169. The monoisotopic (exact) mass is 248 g/mol. The first kappa shape index (κ1) is 13.3. The van der Waals surface area contributed by atoms with Gasteiger partial charge >= 0.3 is 0 Å². The van der Waals surface area contributed by atoms with Gasteiger partial charge in [0.05, 0.1) is 0 Å². The van der Waals surface area contributed by atoms with Crippen LogP contribution in [0.4, 0.5) is 5.95 Å². The number of nitrogens with zero attached hydrogens (tertiary/aromatic N) is 4. The van der Waals surface area contributed by atoms with Gasteiger partial charge in [0, 0.05) is 37.6 Å². The Balaban J connectivity index is 2.12. The fraction of sp³-hybridized carbons (Fsp3) is 0.714. The Morgan fingerprint density at radius 3 is 2.06 bits per heavy atom. The standard InChI is InChI=1S/C14H24N4/c1-10(2)13-6-15-14(16-7-13)18-8-11(3)17(5)12(4)9-18/h6-7,10-12H,8-9H2,1-5H3/t11-,12+. The molecule has 0 saturated carbocycles. The number of hydrogen-bond donors (Lipinski definition) is 0. The number of rotatable bonds is 2. The van der Waals surface area contributed by atoms with Gasteiger partial charge in [0.2, 0.25) is 5.95 Å². The van der Waals surface area contributed by atoms with Crippen molar-refractivity contribution in [2.75, 3.05) is 25.0 Å². The summed E-state index contributed by atoms with van der Waals surface area (Å²) in [4.78, 5) is 13.7. The smallest absolute Gasteiger partial charge is 0.225 e. The first-order chi connectivity index (χ1) is 8.49. The lowest BCUT2D eigenvalue weighted by Crippen LogP contribution is -2.55. The van der Waals surface area contributed by atoms with Gasteiger partial charge < -0.3 is 4.90 Å². The van der Waals surface area contributed by atoms with E-state index in [1.165, 1.54) is 5.56 Å². The quantitative estimate of drug-likeness (QED) is 0.802. The summed E-state index contributed by atoms with van der Waals surface area (Å²) in [7, 11) is 2.19. The molecule has 1 aromatic rings. The first-order valence-electron chi connectivity index (χ1n) is 6.78. The molecule has 1 aliphatic heterocycles. The first-order valence-corrected chi connectivity index (χ1v) is 6.78. The van der Waals surface area contributed by atoms with Crippen molar-refractivity contribution in [3.05, 3.63) is 18.0 Å². The minimum Gasteiger partial charge on any atom is -0.338 e. The second kappa shape index (κ2) is 5.22. The van der Waals surface area contributed by atoms with Crippen molar-refractivity contribution in [1.82, 2.24) is 14.9 Å². The third kappa shape index (κ3) is 2.64. The molecule has 0 unspecified atom stereocenters. The van der Waals surface area contributed by atoms with Crippen LogP contribution < -0.4 is 4.90 Å². The average Bonchev–Trinajstić information content (AvgIpc) is 2.35. The third-order valence-electron chi connectivity index (χ3n) is 3.97. The summed E-state index contributed by atoms with van der Waals surface area (Å²) in [6.45, 7) is 10.8. The summed E-state index contributed by atoms with van der Waals surface area (Å²) >= 11 is 0. The zero-order valence-corrected chi connectivity index (χ0v) is 12.1. The molecule has 2 heterocycles. The van der Waals surface area contributed by atoms with E-state index in [0.29, 0.717) is 18.0 Å². The van der Waals surface area contributed by atoms with Crippen LogP contribution in [0, 0.1) is 0 Å². The van der Waals surface area contributed by atoms with Crippen molar-refractivity contribution in [2.24, 2.45) is 0 Å². The molecule has 0 aromatic carbocycles. The van der Waals surface area contributed by atoms with Crippen LogP contribution in [0.15, 0.2) is 12.4 Å². The topological polar surface area (TPSA) is 32.3 Å². The van der Waals surface area contributed by atoms with Gasteiger partial charge in [-0.25, -0.2) is 9.97 Å². The molecule has 1 aliphatic rings. The van der Waals surface area contributed by atoms with E-state index in [9.17, 15) is 0 Å². The lowest BCUT2D eigenvalue weighted by atomic mass is 10.1. The Morgan fingerprint density at radius 2 is 1.61 bits per heavy atom. The third-order valence-corrected chi connectivity index (χ3v) is 3.97. The molecule has 0 bridgehead atoms. The Morgan fingerprint density at radius 1 is 1.11 bits per heavy atom. The molecule has 1 fully saturated rings. The number of aromatic nitrogens is 2. The van der Waals surface area contributed by atoms with E-state index in [2.05, 4.69) is 54.5 Å². The Hall–Kier alpha value is -1.16. The van der Waals surface area contributed by atoms with E-state index < -0.39 is 0 Å². The van der Waals surface area contributed by atoms with E-state index in [4.69, 9.17) is 0 Å². The lowest BCUT2D eigenvalue weighted by Gasteiger charge is -2.42. The van der Waals surface area contributed by atoms with E-state index in [1.807, 2.05) is 12.4 Å². The van der Waals surface area contributed by atoms with Crippen molar-refractivity contribution in [3.8, 4) is 0 Å². The maximum atomic E-state index is 4.51. The van der Waals surface area contributed by atoms with Crippen molar-refractivity contribution in [3.63, 3.8) is 0 Å². The van der Waals surface area contributed by atoms with Gasteiger partial charge in [0.15, 0.2) is 0 Å². The van der Waals surface area contributed by atoms with Gasteiger partial charge in [-0.05, 0) is 32.4 Å². The number of piperazine rings is 1. The maximum absolute atomic E-state index is 4.51. The van der Waals surface area contributed by atoms with E-state index >= 15 is 0 Å². The molecule has 0 N–H and O–H groups in total. The minimum atomic E-state index is 0.490. The molecule has 4 nitrogen and oxygen atoms in total. The molecule has 1 aromatic heterocycles. The van der Waals surface area contributed by atoms with E-state index in [-0.39, 0.29) is 0 Å². The summed E-state index contributed by atoms with van der Waals surface area (Å²) in [5.41, 5.74) is 1.20. The molecular weight excluding hydrogens is 224 g/mol. The summed E-state index contributed by atoms with van der Waals surface area (Å²) in [6.07, 6.45) is 3.92. The Kier molecular flexibility index (Phi) is 3.85. The highest BCUT2D eigenvalue weighted by atomic mass is 15.3. The summed E-state index contributed by atoms with van der Waals surface area (Å²) in [5.74, 6) is 1.36. The predicted molar refractivity (Wildman–Crippen MR) is 75.0 cm³/mol. The predicted octanol–water partition coefficient (Wildman–Crippen LogP) is 2.13. The van der Waals surface area contributed by atoms with Gasteiger partial charge in [-0.3, -0.25) is 4.90 Å². The van der Waals surface area contributed by atoms with Crippen LogP contribution in [0.5, 0.6) is 0 Å². The molecule has 0 spiro atoms. The van der Waals surface area contributed by atoms with E-state index in [0.717, 1.165) is 19.0 Å². The highest BCUT2D eigenvalue weighted by Gasteiger charge is 2.27. The molecule has 2 rings (SSSR count). The number of likely N-dealkylation sites (N-methyl/N-ethyl adjacent to an activating group) is 1. The fourth-order valence-electron chi connectivity index (χ4n) is 2.36. The van der Waals surface area contributed by atoms with Crippen LogP contribution >= 0.6 is 0 Å². The van der Waals surface area contributed by atoms with Crippen LogP contribution in [0.25, 0.3) is 0 Å². The Labute approximate surface area is 110 Å². The summed E-state index contributed by atoms with van der Waals surface area (Å²) in [6, 6.07) is 1.09. The zero-order chi connectivity index (χ0) is 13.3. The second-order valence-corrected chi connectivity index (χ2v) is 5.74. The van der Waals surface area contributed by atoms with Gasteiger partial charge in [-0.1, -0.05) is 13.8 Å². The molecule has 0 radical (unpaired) electrons. The van der Waals surface area contributed by atoms with Crippen LogP contribution in [-0.2, 0) is 0 Å². The van der Waals surface area contributed by atoms with Crippen molar-refractivity contribution >= 4 is 5.95 Å². The second-order valence-electron chi connectivity index (χ2n) is 5.74. The molecular formula is C14H24N4. The molecule has 2 atom stereocenters.